The van der Waals surface area contributed by atoms with E-state index in [4.69, 9.17) is 5.73 Å². The van der Waals surface area contributed by atoms with Crippen LogP contribution in [0.1, 0.15) is 30.4 Å². The Balaban J connectivity index is 2.48. The van der Waals surface area contributed by atoms with E-state index in [1.165, 1.54) is 4.90 Å². The minimum Gasteiger partial charge on any atom is -0.398 e. The molecule has 0 aromatic heterocycles. The largest absolute Gasteiger partial charge is 0.398 e. The molecule has 1 aliphatic rings. The normalized spacial score (nSPS) is 16.5. The summed E-state index contributed by atoms with van der Waals surface area (Å²) in [5.74, 6) is -0.264. The Morgan fingerprint density at radius 1 is 1.06 bits per heavy atom. The first-order valence-corrected chi connectivity index (χ1v) is 5.73. The van der Waals surface area contributed by atoms with Crippen molar-refractivity contribution in [1.82, 2.24) is 0 Å². The van der Waals surface area contributed by atoms with Gasteiger partial charge in [0.25, 0.3) is 0 Å². The molecule has 0 atom stereocenters. The Hall–Kier alpha value is -1.84. The maximum Gasteiger partial charge on any atom is 0.233 e. The number of benzene rings is 1. The fourth-order valence-corrected chi connectivity index (χ4v) is 2.12. The number of aryl methyl sites for hydroxylation is 2. The molecule has 4 heteroatoms. The molecule has 1 aliphatic heterocycles. The number of nitrogens with two attached hydrogens (primary N) is 1. The van der Waals surface area contributed by atoms with Gasteiger partial charge < -0.3 is 5.73 Å². The van der Waals surface area contributed by atoms with E-state index in [0.29, 0.717) is 30.6 Å². The van der Waals surface area contributed by atoms with E-state index in [1.54, 1.807) is 6.07 Å². The molecule has 2 amide bonds. The van der Waals surface area contributed by atoms with E-state index in [2.05, 4.69) is 0 Å². The summed E-state index contributed by atoms with van der Waals surface area (Å²) in [7, 11) is 0. The zero-order valence-electron chi connectivity index (χ0n) is 10.1. The van der Waals surface area contributed by atoms with Crippen molar-refractivity contribution < 1.29 is 9.59 Å². The average molecular weight is 232 g/mol. The number of amides is 2. The first kappa shape index (κ1) is 11.6. The summed E-state index contributed by atoms with van der Waals surface area (Å²) >= 11 is 0. The lowest BCUT2D eigenvalue weighted by molar-refractivity contribution is -0.129. The van der Waals surface area contributed by atoms with Crippen molar-refractivity contribution in [3.05, 3.63) is 23.3 Å². The van der Waals surface area contributed by atoms with Gasteiger partial charge in [0.15, 0.2) is 0 Å². The summed E-state index contributed by atoms with van der Waals surface area (Å²) in [4.78, 5) is 24.9. The molecule has 0 saturated carbocycles. The lowest BCUT2D eigenvalue weighted by atomic mass is 10.0. The zero-order chi connectivity index (χ0) is 12.6. The van der Waals surface area contributed by atoms with Gasteiger partial charge in [0, 0.05) is 18.5 Å². The number of carbonyl (C=O) groups excluding carboxylic acids is 2. The van der Waals surface area contributed by atoms with Crippen LogP contribution in [0, 0.1) is 13.8 Å². The fourth-order valence-electron chi connectivity index (χ4n) is 2.12. The average Bonchev–Trinajstić information content (AvgIpc) is 2.25. The topological polar surface area (TPSA) is 63.4 Å². The lowest BCUT2D eigenvalue weighted by Crippen LogP contribution is -2.40. The molecule has 2 rings (SSSR count). The SMILES string of the molecule is Cc1cc(C)c(N2C(=O)CCCC2=O)cc1N. The Labute approximate surface area is 100 Å². The van der Waals surface area contributed by atoms with Crippen LogP contribution in [0.3, 0.4) is 0 Å². The molecule has 0 bridgehead atoms. The molecular formula is C13H16N2O2. The highest BCUT2D eigenvalue weighted by Gasteiger charge is 2.28. The molecule has 0 radical (unpaired) electrons. The molecule has 0 unspecified atom stereocenters. The third-order valence-corrected chi connectivity index (χ3v) is 3.11. The number of piperidine rings is 1. The van der Waals surface area contributed by atoms with Gasteiger partial charge in [-0.05, 0) is 37.5 Å². The highest BCUT2D eigenvalue weighted by Crippen LogP contribution is 2.29. The monoisotopic (exact) mass is 232 g/mol. The number of hydrogen-bond donors (Lipinski definition) is 1. The predicted octanol–water partition coefficient (Wildman–Crippen LogP) is 1.93. The highest BCUT2D eigenvalue weighted by molar-refractivity contribution is 6.17. The van der Waals surface area contributed by atoms with Crippen LogP contribution in [-0.2, 0) is 9.59 Å². The molecule has 2 N–H and O–H groups in total. The van der Waals surface area contributed by atoms with Crippen molar-refractivity contribution in [2.75, 3.05) is 10.6 Å². The maximum atomic E-state index is 11.8. The Kier molecular flexibility index (Phi) is 2.88. The van der Waals surface area contributed by atoms with Crippen molar-refractivity contribution in [3.63, 3.8) is 0 Å². The lowest BCUT2D eigenvalue weighted by Gasteiger charge is -2.26. The molecule has 0 aliphatic carbocycles. The molecule has 1 aromatic carbocycles. The zero-order valence-corrected chi connectivity index (χ0v) is 10.1. The molecule has 1 aromatic rings. The van der Waals surface area contributed by atoms with Gasteiger partial charge in [0.2, 0.25) is 11.8 Å². The number of hydrogen-bond acceptors (Lipinski definition) is 3. The van der Waals surface area contributed by atoms with E-state index in [1.807, 2.05) is 19.9 Å². The molecule has 0 spiro atoms. The fraction of sp³-hybridized carbons (Fsp3) is 0.385. The maximum absolute atomic E-state index is 11.8. The van der Waals surface area contributed by atoms with E-state index < -0.39 is 0 Å². The number of nitrogens with zero attached hydrogens (tertiary/aromatic N) is 1. The number of carbonyl (C=O) groups is 2. The number of rotatable bonds is 1. The van der Waals surface area contributed by atoms with Crippen molar-refractivity contribution in [3.8, 4) is 0 Å². The van der Waals surface area contributed by atoms with Crippen molar-refractivity contribution in [2.24, 2.45) is 0 Å². The van der Waals surface area contributed by atoms with Crippen molar-refractivity contribution in [1.29, 1.82) is 0 Å². The second kappa shape index (κ2) is 4.20. The van der Waals surface area contributed by atoms with Gasteiger partial charge in [-0.3, -0.25) is 14.5 Å². The molecule has 1 saturated heterocycles. The van der Waals surface area contributed by atoms with E-state index in [9.17, 15) is 9.59 Å². The van der Waals surface area contributed by atoms with Gasteiger partial charge in [-0.25, -0.2) is 0 Å². The third kappa shape index (κ3) is 2.02. The van der Waals surface area contributed by atoms with Crippen LogP contribution >= 0.6 is 0 Å². The summed E-state index contributed by atoms with van der Waals surface area (Å²) < 4.78 is 0. The van der Waals surface area contributed by atoms with E-state index >= 15 is 0 Å². The Morgan fingerprint density at radius 2 is 1.65 bits per heavy atom. The summed E-state index contributed by atoms with van der Waals surface area (Å²) in [5, 5.41) is 0. The summed E-state index contributed by atoms with van der Waals surface area (Å²) in [5.41, 5.74) is 8.94. The van der Waals surface area contributed by atoms with Crippen LogP contribution in [0.5, 0.6) is 0 Å². The smallest absolute Gasteiger partial charge is 0.233 e. The van der Waals surface area contributed by atoms with Crippen molar-refractivity contribution in [2.45, 2.75) is 33.1 Å². The second-order valence-corrected chi connectivity index (χ2v) is 4.47. The first-order chi connectivity index (χ1) is 8.00. The summed E-state index contributed by atoms with van der Waals surface area (Å²) in [6.07, 6.45) is 1.51. The molecule has 17 heavy (non-hydrogen) atoms. The molecule has 1 heterocycles. The first-order valence-electron chi connectivity index (χ1n) is 5.73. The van der Waals surface area contributed by atoms with Crippen LogP contribution < -0.4 is 10.6 Å². The number of anilines is 2. The van der Waals surface area contributed by atoms with Crippen LogP contribution in [0.25, 0.3) is 0 Å². The van der Waals surface area contributed by atoms with Gasteiger partial charge in [-0.15, -0.1) is 0 Å². The number of imide groups is 1. The van der Waals surface area contributed by atoms with E-state index in [-0.39, 0.29) is 11.8 Å². The number of nitrogen functional groups attached to an aromatic ring is 1. The summed E-state index contributed by atoms with van der Waals surface area (Å²) in [6.45, 7) is 3.79. The Bertz CT molecular complexity index is 478. The molecule has 4 nitrogen and oxygen atoms in total. The van der Waals surface area contributed by atoms with Crippen molar-refractivity contribution >= 4 is 23.2 Å². The van der Waals surface area contributed by atoms with E-state index in [0.717, 1.165) is 11.1 Å². The minimum atomic E-state index is -0.132. The standard InChI is InChI=1S/C13H16N2O2/c1-8-6-9(2)11(7-10(8)14)15-12(16)4-3-5-13(15)17/h6-7H,3-5,14H2,1-2H3. The molecular weight excluding hydrogens is 216 g/mol. The van der Waals surface area contributed by atoms with Crippen LogP contribution in [0.15, 0.2) is 12.1 Å². The van der Waals surface area contributed by atoms with Gasteiger partial charge in [-0.2, -0.15) is 0 Å². The second-order valence-electron chi connectivity index (χ2n) is 4.47. The van der Waals surface area contributed by atoms with Crippen LogP contribution in [0.4, 0.5) is 11.4 Å². The molecule has 90 valence electrons. The van der Waals surface area contributed by atoms with Gasteiger partial charge in [-0.1, -0.05) is 6.07 Å². The van der Waals surface area contributed by atoms with Crippen LogP contribution in [-0.4, -0.2) is 11.8 Å². The predicted molar refractivity (Wildman–Crippen MR) is 66.7 cm³/mol. The summed E-state index contributed by atoms with van der Waals surface area (Å²) in [6, 6.07) is 3.62. The van der Waals surface area contributed by atoms with Gasteiger partial charge >= 0.3 is 0 Å². The van der Waals surface area contributed by atoms with Gasteiger partial charge in [0.05, 0.1) is 5.69 Å². The highest BCUT2D eigenvalue weighted by atomic mass is 16.2. The quantitative estimate of drug-likeness (QED) is 0.594. The molecule has 1 fully saturated rings. The minimum absolute atomic E-state index is 0.132. The van der Waals surface area contributed by atoms with Gasteiger partial charge in [0.1, 0.15) is 0 Å². The third-order valence-electron chi connectivity index (χ3n) is 3.11. The van der Waals surface area contributed by atoms with Crippen LogP contribution in [0.2, 0.25) is 0 Å². The Morgan fingerprint density at radius 3 is 2.24 bits per heavy atom.